The molecule has 4 heteroatoms. The van der Waals surface area contributed by atoms with Gasteiger partial charge in [0.1, 0.15) is 0 Å². The van der Waals surface area contributed by atoms with Gasteiger partial charge in [0, 0.05) is 29.1 Å². The second kappa shape index (κ2) is 6.39. The molecule has 1 heterocycles. The van der Waals surface area contributed by atoms with Gasteiger partial charge in [0.25, 0.3) is 0 Å². The van der Waals surface area contributed by atoms with E-state index in [9.17, 15) is 4.79 Å². The smallest absolute Gasteiger partial charge is 0.328 e. The Hall–Kier alpha value is -2.39. The van der Waals surface area contributed by atoms with Crippen LogP contribution in [0.15, 0.2) is 70.9 Å². The summed E-state index contributed by atoms with van der Waals surface area (Å²) >= 11 is 6.33. The fourth-order valence-electron chi connectivity index (χ4n) is 2.78. The third-order valence-corrected chi connectivity index (χ3v) is 4.26. The van der Waals surface area contributed by atoms with Gasteiger partial charge in [-0.3, -0.25) is 4.99 Å². The van der Waals surface area contributed by atoms with Crippen molar-refractivity contribution in [2.75, 3.05) is 0 Å². The van der Waals surface area contributed by atoms with Crippen LogP contribution in [-0.2, 0) is 11.2 Å². The quantitative estimate of drug-likeness (QED) is 0.840. The maximum absolute atomic E-state index is 10.8. The van der Waals surface area contributed by atoms with Crippen LogP contribution >= 0.6 is 11.6 Å². The molecule has 0 bridgehead atoms. The second-order valence-corrected chi connectivity index (χ2v) is 6.01. The minimum Gasteiger partial charge on any atom is -0.478 e. The standard InChI is InChI=1S/C19H16ClNO2/c1-12-6-7-13(16(20)10-12)11-18-15-5-3-2-4-14(15)17(21-18)8-9-19(22)23/h2-10,14H,11H2,1H3,(H,22,23). The van der Waals surface area contributed by atoms with Gasteiger partial charge in [-0.05, 0) is 35.8 Å². The molecular weight excluding hydrogens is 310 g/mol. The highest BCUT2D eigenvalue weighted by atomic mass is 35.5. The fourth-order valence-corrected chi connectivity index (χ4v) is 3.08. The van der Waals surface area contributed by atoms with E-state index >= 15 is 0 Å². The van der Waals surface area contributed by atoms with E-state index in [2.05, 4.69) is 4.99 Å². The first-order chi connectivity index (χ1) is 11.0. The zero-order valence-electron chi connectivity index (χ0n) is 12.7. The summed E-state index contributed by atoms with van der Waals surface area (Å²) in [5.41, 5.74) is 4.94. The number of benzene rings is 1. The molecule has 3 nitrogen and oxygen atoms in total. The van der Waals surface area contributed by atoms with E-state index in [4.69, 9.17) is 16.7 Å². The van der Waals surface area contributed by atoms with Crippen LogP contribution in [0.4, 0.5) is 0 Å². The molecule has 1 N–H and O–H groups in total. The molecule has 1 atom stereocenters. The highest BCUT2D eigenvalue weighted by Crippen LogP contribution is 2.34. The molecule has 1 aliphatic heterocycles. The molecule has 1 aliphatic carbocycles. The molecular formula is C19H16ClNO2. The van der Waals surface area contributed by atoms with Crippen molar-refractivity contribution < 1.29 is 9.90 Å². The average molecular weight is 326 g/mol. The summed E-state index contributed by atoms with van der Waals surface area (Å²) in [6, 6.07) is 5.99. The van der Waals surface area contributed by atoms with Crippen molar-refractivity contribution in [2.24, 2.45) is 10.9 Å². The summed E-state index contributed by atoms with van der Waals surface area (Å²) in [5.74, 6) is -0.950. The molecule has 23 heavy (non-hydrogen) atoms. The lowest BCUT2D eigenvalue weighted by Crippen LogP contribution is -2.09. The molecule has 0 aromatic heterocycles. The number of carboxylic acids is 1. The number of rotatable bonds is 4. The third-order valence-electron chi connectivity index (χ3n) is 3.90. The highest BCUT2D eigenvalue weighted by Gasteiger charge is 2.26. The van der Waals surface area contributed by atoms with Crippen LogP contribution in [0.3, 0.4) is 0 Å². The first-order valence-electron chi connectivity index (χ1n) is 7.37. The molecule has 0 spiro atoms. The summed E-state index contributed by atoms with van der Waals surface area (Å²) in [6.45, 7) is 2.00. The summed E-state index contributed by atoms with van der Waals surface area (Å²) in [5, 5.41) is 9.56. The van der Waals surface area contributed by atoms with E-state index in [-0.39, 0.29) is 5.92 Å². The van der Waals surface area contributed by atoms with Crippen LogP contribution < -0.4 is 0 Å². The number of hydrogen-bond donors (Lipinski definition) is 1. The zero-order chi connectivity index (χ0) is 16.4. The van der Waals surface area contributed by atoms with Gasteiger partial charge in [0.05, 0.1) is 5.71 Å². The minimum absolute atomic E-state index is 0.0230. The Morgan fingerprint density at radius 2 is 2.22 bits per heavy atom. The van der Waals surface area contributed by atoms with E-state index in [1.54, 1.807) is 6.08 Å². The Labute approximate surface area is 140 Å². The van der Waals surface area contributed by atoms with Crippen LogP contribution in [0.1, 0.15) is 11.1 Å². The monoisotopic (exact) mass is 325 g/mol. The summed E-state index contributed by atoms with van der Waals surface area (Å²) in [6.07, 6.45) is 11.3. The van der Waals surface area contributed by atoms with Gasteiger partial charge in [-0.2, -0.15) is 0 Å². The van der Waals surface area contributed by atoms with E-state index < -0.39 is 5.97 Å². The second-order valence-electron chi connectivity index (χ2n) is 5.60. The van der Waals surface area contributed by atoms with Gasteiger partial charge >= 0.3 is 5.97 Å². The zero-order valence-corrected chi connectivity index (χ0v) is 13.4. The number of aryl methyl sites for hydroxylation is 1. The first-order valence-corrected chi connectivity index (χ1v) is 7.75. The maximum atomic E-state index is 10.8. The lowest BCUT2D eigenvalue weighted by Gasteiger charge is -2.12. The van der Waals surface area contributed by atoms with Crippen LogP contribution in [0.5, 0.6) is 0 Å². The molecule has 1 aromatic carbocycles. The molecule has 0 saturated carbocycles. The van der Waals surface area contributed by atoms with E-state index in [1.165, 1.54) is 0 Å². The number of aliphatic carboxylic acids is 1. The van der Waals surface area contributed by atoms with Crippen LogP contribution in [0.2, 0.25) is 5.02 Å². The summed E-state index contributed by atoms with van der Waals surface area (Å²) in [7, 11) is 0. The molecule has 1 aromatic rings. The van der Waals surface area contributed by atoms with Crippen molar-refractivity contribution in [3.05, 3.63) is 82.1 Å². The van der Waals surface area contributed by atoms with E-state index in [0.29, 0.717) is 6.42 Å². The lowest BCUT2D eigenvalue weighted by molar-refractivity contribution is -0.131. The predicted octanol–water partition coefficient (Wildman–Crippen LogP) is 4.28. The van der Waals surface area contributed by atoms with E-state index in [1.807, 2.05) is 49.4 Å². The Bertz CT molecular complexity index is 813. The van der Waals surface area contributed by atoms with Crippen molar-refractivity contribution in [3.8, 4) is 0 Å². The largest absolute Gasteiger partial charge is 0.478 e. The Kier molecular flexibility index (Phi) is 4.30. The molecule has 0 radical (unpaired) electrons. The Balaban J connectivity index is 1.94. The predicted molar refractivity (Wildman–Crippen MR) is 92.9 cm³/mol. The van der Waals surface area contributed by atoms with Crippen molar-refractivity contribution in [1.82, 2.24) is 0 Å². The van der Waals surface area contributed by atoms with Crippen LogP contribution in [0, 0.1) is 12.8 Å². The summed E-state index contributed by atoms with van der Waals surface area (Å²) < 4.78 is 0. The van der Waals surface area contributed by atoms with Crippen molar-refractivity contribution in [2.45, 2.75) is 13.3 Å². The van der Waals surface area contributed by atoms with E-state index in [0.717, 1.165) is 39.2 Å². The Morgan fingerprint density at radius 3 is 2.96 bits per heavy atom. The highest BCUT2D eigenvalue weighted by molar-refractivity contribution is 6.31. The minimum atomic E-state index is -0.973. The number of nitrogens with zero attached hydrogens (tertiary/aromatic N) is 1. The molecule has 0 saturated heterocycles. The molecule has 0 fully saturated rings. The number of aliphatic imine (C=N–C) groups is 1. The van der Waals surface area contributed by atoms with Gasteiger partial charge in [-0.15, -0.1) is 0 Å². The van der Waals surface area contributed by atoms with Gasteiger partial charge < -0.3 is 5.11 Å². The number of allylic oxidation sites excluding steroid dienone is 7. The molecule has 1 unspecified atom stereocenters. The molecule has 3 rings (SSSR count). The number of fused-ring (bicyclic) bond motifs is 1. The number of carboxylic acid groups (broad SMARTS) is 1. The third kappa shape index (κ3) is 3.35. The van der Waals surface area contributed by atoms with Crippen molar-refractivity contribution >= 4 is 23.3 Å². The topological polar surface area (TPSA) is 49.7 Å². The van der Waals surface area contributed by atoms with Crippen molar-refractivity contribution in [3.63, 3.8) is 0 Å². The van der Waals surface area contributed by atoms with Crippen LogP contribution in [0.25, 0.3) is 0 Å². The average Bonchev–Trinajstić information content (AvgIpc) is 2.86. The first kappa shape index (κ1) is 15.5. The molecule has 0 amide bonds. The van der Waals surface area contributed by atoms with Gasteiger partial charge in [-0.25, -0.2) is 4.79 Å². The number of hydrogen-bond acceptors (Lipinski definition) is 2. The molecule has 116 valence electrons. The maximum Gasteiger partial charge on any atom is 0.328 e. The number of halogens is 1. The van der Waals surface area contributed by atoms with Gasteiger partial charge in [-0.1, -0.05) is 48.0 Å². The van der Waals surface area contributed by atoms with Gasteiger partial charge in [0.2, 0.25) is 0 Å². The van der Waals surface area contributed by atoms with Gasteiger partial charge in [0.15, 0.2) is 0 Å². The SMILES string of the molecule is Cc1ccc(CC2=C3C=CC=CC3C(C=CC(=O)O)=N2)c(Cl)c1. The van der Waals surface area contributed by atoms with Crippen molar-refractivity contribution in [1.29, 1.82) is 0 Å². The fraction of sp³-hybridized carbons (Fsp3) is 0.158. The molecule has 2 aliphatic rings. The Morgan fingerprint density at radius 1 is 1.39 bits per heavy atom. The summed E-state index contributed by atoms with van der Waals surface area (Å²) in [4.78, 5) is 15.4. The number of carbonyl (C=O) groups is 1. The normalized spacial score (nSPS) is 19.4. The lowest BCUT2D eigenvalue weighted by atomic mass is 9.90. The van der Waals surface area contributed by atoms with Crippen LogP contribution in [-0.4, -0.2) is 16.8 Å².